The first-order chi connectivity index (χ1) is 10.5. The van der Waals surface area contributed by atoms with Crippen molar-refractivity contribution in [3.63, 3.8) is 0 Å². The molecule has 124 valence electrons. The van der Waals surface area contributed by atoms with Gasteiger partial charge in [0.25, 0.3) is 0 Å². The summed E-state index contributed by atoms with van der Waals surface area (Å²) in [6.07, 6.45) is 5.39. The number of hydrogen-bond donors (Lipinski definition) is 4. The van der Waals surface area contributed by atoms with Gasteiger partial charge in [0, 0.05) is 37.9 Å². The van der Waals surface area contributed by atoms with E-state index in [1.54, 1.807) is 7.05 Å². The topological polar surface area (TPSA) is 128 Å². The standard InChI is InChI=1S/C14H26N6O2/c1-3-4-5-6-11(16)10-9-18-14(22)20(2)12(10)19-13(21)17-8-7-15/h9,11H,3-8,15-16H2,1-2H3,(H2,17,19,21). The van der Waals surface area contributed by atoms with E-state index in [4.69, 9.17) is 11.5 Å². The zero-order valence-corrected chi connectivity index (χ0v) is 13.3. The Balaban J connectivity index is 2.94. The fraction of sp³-hybridized carbons (Fsp3) is 0.643. The maximum Gasteiger partial charge on any atom is 0.348 e. The van der Waals surface area contributed by atoms with E-state index < -0.39 is 11.7 Å². The molecule has 0 saturated carbocycles. The van der Waals surface area contributed by atoms with Crippen LogP contribution in [0.5, 0.6) is 0 Å². The van der Waals surface area contributed by atoms with Gasteiger partial charge >= 0.3 is 11.7 Å². The minimum absolute atomic E-state index is 0.282. The van der Waals surface area contributed by atoms with Crippen molar-refractivity contribution in [3.8, 4) is 0 Å². The summed E-state index contributed by atoms with van der Waals surface area (Å²) in [6.45, 7) is 2.81. The molecule has 2 amide bonds. The van der Waals surface area contributed by atoms with Crippen molar-refractivity contribution >= 4 is 11.8 Å². The zero-order chi connectivity index (χ0) is 16.5. The average Bonchev–Trinajstić information content (AvgIpc) is 2.50. The van der Waals surface area contributed by atoms with Gasteiger partial charge in [-0.3, -0.25) is 9.88 Å². The van der Waals surface area contributed by atoms with E-state index in [1.807, 2.05) is 0 Å². The molecule has 0 aliphatic heterocycles. The van der Waals surface area contributed by atoms with Crippen molar-refractivity contribution in [1.29, 1.82) is 0 Å². The van der Waals surface area contributed by atoms with Crippen LogP contribution in [-0.2, 0) is 7.05 Å². The highest BCUT2D eigenvalue weighted by molar-refractivity contribution is 5.89. The Labute approximate surface area is 130 Å². The highest BCUT2D eigenvalue weighted by Gasteiger charge is 2.17. The first-order valence-corrected chi connectivity index (χ1v) is 7.57. The molecular formula is C14H26N6O2. The van der Waals surface area contributed by atoms with E-state index >= 15 is 0 Å². The summed E-state index contributed by atoms with van der Waals surface area (Å²) in [4.78, 5) is 27.3. The van der Waals surface area contributed by atoms with Crippen LogP contribution in [0.4, 0.5) is 10.6 Å². The van der Waals surface area contributed by atoms with Crippen LogP contribution >= 0.6 is 0 Å². The molecule has 0 saturated heterocycles. The van der Waals surface area contributed by atoms with Gasteiger partial charge in [0.15, 0.2) is 0 Å². The third kappa shape index (κ3) is 5.12. The minimum atomic E-state index is -0.446. The smallest absolute Gasteiger partial charge is 0.337 e. The number of carbonyl (C=O) groups excluding carboxylic acids is 1. The minimum Gasteiger partial charge on any atom is -0.337 e. The van der Waals surface area contributed by atoms with E-state index in [0.717, 1.165) is 25.7 Å². The van der Waals surface area contributed by atoms with E-state index in [9.17, 15) is 9.59 Å². The molecule has 6 N–H and O–H groups in total. The van der Waals surface area contributed by atoms with Gasteiger partial charge < -0.3 is 16.8 Å². The van der Waals surface area contributed by atoms with Gasteiger partial charge in [0.1, 0.15) is 5.82 Å². The lowest BCUT2D eigenvalue weighted by molar-refractivity contribution is 0.252. The summed E-state index contributed by atoms with van der Waals surface area (Å²) >= 11 is 0. The maximum atomic E-state index is 11.8. The number of nitrogens with zero attached hydrogens (tertiary/aromatic N) is 2. The number of rotatable bonds is 8. The van der Waals surface area contributed by atoms with Crippen LogP contribution in [0.3, 0.4) is 0 Å². The summed E-state index contributed by atoms with van der Waals surface area (Å²) in [7, 11) is 1.55. The van der Waals surface area contributed by atoms with Crippen molar-refractivity contribution in [2.75, 3.05) is 18.4 Å². The molecule has 1 aromatic heterocycles. The molecule has 0 spiro atoms. The summed E-state index contributed by atoms with van der Waals surface area (Å²) < 4.78 is 1.29. The maximum absolute atomic E-state index is 11.8. The molecule has 0 aliphatic carbocycles. The molecule has 1 rings (SSSR count). The second-order valence-electron chi connectivity index (χ2n) is 5.18. The van der Waals surface area contributed by atoms with E-state index in [2.05, 4.69) is 22.5 Å². The normalized spacial score (nSPS) is 12.0. The van der Waals surface area contributed by atoms with Gasteiger partial charge in [-0.05, 0) is 6.42 Å². The number of carbonyl (C=O) groups is 1. The van der Waals surface area contributed by atoms with Crippen LogP contribution in [0, 0.1) is 0 Å². The van der Waals surface area contributed by atoms with Gasteiger partial charge in [0.2, 0.25) is 0 Å². The first kappa shape index (κ1) is 18.1. The second-order valence-corrected chi connectivity index (χ2v) is 5.18. The van der Waals surface area contributed by atoms with E-state index in [-0.39, 0.29) is 6.04 Å². The summed E-state index contributed by atoms with van der Waals surface area (Å²) in [5, 5.41) is 5.26. The highest BCUT2D eigenvalue weighted by atomic mass is 16.2. The van der Waals surface area contributed by atoms with Crippen LogP contribution in [0.15, 0.2) is 11.0 Å². The van der Waals surface area contributed by atoms with Crippen LogP contribution in [0.1, 0.15) is 44.2 Å². The van der Waals surface area contributed by atoms with Crippen LogP contribution in [-0.4, -0.2) is 28.7 Å². The largest absolute Gasteiger partial charge is 0.348 e. The Kier molecular flexibility index (Phi) is 7.55. The zero-order valence-electron chi connectivity index (χ0n) is 13.3. The van der Waals surface area contributed by atoms with Gasteiger partial charge in [-0.15, -0.1) is 0 Å². The molecule has 0 aliphatic rings. The number of unbranched alkanes of at least 4 members (excludes halogenated alkanes) is 2. The fourth-order valence-electron chi connectivity index (χ4n) is 2.10. The van der Waals surface area contributed by atoms with Crippen molar-refractivity contribution in [2.24, 2.45) is 18.5 Å². The van der Waals surface area contributed by atoms with Crippen molar-refractivity contribution in [3.05, 3.63) is 22.2 Å². The van der Waals surface area contributed by atoms with Crippen LogP contribution in [0.25, 0.3) is 0 Å². The Morgan fingerprint density at radius 3 is 2.82 bits per heavy atom. The summed E-state index contributed by atoms with van der Waals surface area (Å²) in [6, 6.07) is -0.704. The predicted molar refractivity (Wildman–Crippen MR) is 86.6 cm³/mol. The van der Waals surface area contributed by atoms with Gasteiger partial charge in [0.05, 0.1) is 0 Å². The lowest BCUT2D eigenvalue weighted by Gasteiger charge is -2.19. The Hall–Kier alpha value is -1.93. The molecule has 1 unspecified atom stereocenters. The van der Waals surface area contributed by atoms with Gasteiger partial charge in [-0.1, -0.05) is 26.2 Å². The predicted octanol–water partition coefficient (Wildman–Crippen LogP) is 0.441. The molecule has 1 heterocycles. The molecule has 22 heavy (non-hydrogen) atoms. The first-order valence-electron chi connectivity index (χ1n) is 7.57. The number of urea groups is 1. The molecule has 1 aromatic rings. The summed E-state index contributed by atoms with van der Waals surface area (Å²) in [5.74, 6) is 0.374. The number of nitrogens with two attached hydrogens (primary N) is 2. The Bertz CT molecular complexity index is 543. The fourth-order valence-corrected chi connectivity index (χ4v) is 2.10. The Morgan fingerprint density at radius 1 is 1.45 bits per heavy atom. The molecular weight excluding hydrogens is 284 g/mol. The highest BCUT2D eigenvalue weighted by Crippen LogP contribution is 2.23. The van der Waals surface area contributed by atoms with E-state index in [0.29, 0.717) is 24.5 Å². The summed E-state index contributed by atoms with van der Waals surface area (Å²) in [5.41, 5.74) is 11.7. The lowest BCUT2D eigenvalue weighted by Crippen LogP contribution is -2.36. The molecule has 0 fully saturated rings. The van der Waals surface area contributed by atoms with Crippen molar-refractivity contribution in [2.45, 2.75) is 38.6 Å². The Morgan fingerprint density at radius 2 is 2.18 bits per heavy atom. The second kappa shape index (κ2) is 9.16. The number of amides is 2. The molecule has 0 bridgehead atoms. The molecule has 1 atom stereocenters. The quantitative estimate of drug-likeness (QED) is 0.518. The third-order valence-corrected chi connectivity index (χ3v) is 3.39. The SMILES string of the molecule is CCCCCC(N)c1cnc(=O)n(C)c1NC(=O)NCCN. The molecule has 0 aromatic carbocycles. The van der Waals surface area contributed by atoms with Crippen LogP contribution < -0.4 is 27.8 Å². The third-order valence-electron chi connectivity index (χ3n) is 3.39. The van der Waals surface area contributed by atoms with Gasteiger partial charge in [-0.25, -0.2) is 14.6 Å². The number of hydrogen-bond acceptors (Lipinski definition) is 5. The van der Waals surface area contributed by atoms with E-state index in [1.165, 1.54) is 10.8 Å². The number of aromatic nitrogens is 2. The molecule has 8 nitrogen and oxygen atoms in total. The molecule has 0 radical (unpaired) electrons. The average molecular weight is 310 g/mol. The van der Waals surface area contributed by atoms with Gasteiger partial charge in [-0.2, -0.15) is 0 Å². The lowest BCUT2D eigenvalue weighted by atomic mass is 10.0. The van der Waals surface area contributed by atoms with Crippen LogP contribution in [0.2, 0.25) is 0 Å². The number of anilines is 1. The van der Waals surface area contributed by atoms with Crippen molar-refractivity contribution in [1.82, 2.24) is 14.9 Å². The molecule has 8 heteroatoms. The van der Waals surface area contributed by atoms with Crippen molar-refractivity contribution < 1.29 is 4.79 Å². The number of nitrogens with one attached hydrogen (secondary N) is 2. The monoisotopic (exact) mass is 310 g/mol.